The predicted octanol–water partition coefficient (Wildman–Crippen LogP) is 2.50. The molecule has 4 bridgehead atoms. The van der Waals surface area contributed by atoms with E-state index in [2.05, 4.69) is 15.3 Å². The van der Waals surface area contributed by atoms with Crippen molar-refractivity contribution in [3.8, 4) is 5.75 Å². The summed E-state index contributed by atoms with van der Waals surface area (Å²) in [6, 6.07) is 1.90. The van der Waals surface area contributed by atoms with Crippen LogP contribution in [0.3, 0.4) is 0 Å². The molecule has 0 spiro atoms. The first-order valence-corrected chi connectivity index (χ1v) is 16.7. The Morgan fingerprint density at radius 1 is 1.04 bits per heavy atom. The number of hydrogen-bond donors (Lipinski definition) is 8. The number of rotatable bonds is 5. The lowest BCUT2D eigenvalue weighted by atomic mass is 9.51. The third-order valence-electron chi connectivity index (χ3n) is 12.6. The van der Waals surface area contributed by atoms with Crippen molar-refractivity contribution < 1.29 is 39.9 Å². The van der Waals surface area contributed by atoms with Gasteiger partial charge in [-0.15, -0.1) is 0 Å². The van der Waals surface area contributed by atoms with Crippen molar-refractivity contribution in [1.29, 1.82) is 0 Å². The van der Waals surface area contributed by atoms with E-state index in [-0.39, 0.29) is 17.0 Å². The van der Waals surface area contributed by atoms with Crippen LogP contribution in [0.5, 0.6) is 5.75 Å². The summed E-state index contributed by atoms with van der Waals surface area (Å²) < 4.78 is 0. The fraction of sp³-hybridized carbons (Fsp3) is 0.543. The van der Waals surface area contributed by atoms with E-state index in [9.17, 15) is 39.9 Å². The van der Waals surface area contributed by atoms with Crippen molar-refractivity contribution >= 4 is 34.9 Å². The van der Waals surface area contributed by atoms with E-state index in [4.69, 9.17) is 5.73 Å². The molecule has 1 aromatic heterocycles. The number of benzene rings is 1. The van der Waals surface area contributed by atoms with Crippen LogP contribution in [0.1, 0.15) is 67.7 Å². The van der Waals surface area contributed by atoms with Crippen LogP contribution < -0.4 is 11.1 Å². The molecule has 5 saturated carbocycles. The summed E-state index contributed by atoms with van der Waals surface area (Å²) in [5, 5.41) is 61.2. The Labute approximate surface area is 276 Å². The number of fused-ring (bicyclic) bond motifs is 3. The molecular weight excluding hydrogens is 618 g/mol. The number of aromatic hydroxyl groups is 1. The number of aromatic nitrogens is 2. The second kappa shape index (κ2) is 10.4. The van der Waals surface area contributed by atoms with E-state index < -0.39 is 75.6 Å². The van der Waals surface area contributed by atoms with E-state index in [1.165, 1.54) is 51.1 Å². The van der Waals surface area contributed by atoms with Gasteiger partial charge in [0.05, 0.1) is 35.5 Å². The number of likely N-dealkylation sites (N-methyl/N-ethyl adjacent to an activating group) is 1. The van der Waals surface area contributed by atoms with Gasteiger partial charge in [-0.1, -0.05) is 13.0 Å². The highest BCUT2D eigenvalue weighted by atomic mass is 16.4. The van der Waals surface area contributed by atoms with Gasteiger partial charge < -0.3 is 41.6 Å². The lowest BCUT2D eigenvalue weighted by molar-refractivity contribution is -0.169. The number of nitrogens with one attached hydrogen (secondary N) is 2. The van der Waals surface area contributed by atoms with Crippen LogP contribution in [0, 0.1) is 35.5 Å². The number of imidazole rings is 1. The van der Waals surface area contributed by atoms with Crippen LogP contribution in [-0.4, -0.2) is 89.7 Å². The monoisotopic (exact) mass is 659 g/mol. The minimum atomic E-state index is -2.96. The number of anilines is 2. The molecule has 13 nitrogen and oxygen atoms in total. The molecule has 7 aliphatic rings. The van der Waals surface area contributed by atoms with Crippen molar-refractivity contribution in [3.05, 3.63) is 52.1 Å². The van der Waals surface area contributed by atoms with Gasteiger partial charge in [0, 0.05) is 23.1 Å². The van der Waals surface area contributed by atoms with Crippen LogP contribution in [0.4, 0.5) is 11.6 Å². The van der Waals surface area contributed by atoms with E-state index in [0.717, 1.165) is 17.5 Å². The highest BCUT2D eigenvalue weighted by Gasteiger charge is 2.68. The standard InChI is InChI=1S/C35H41N5O8/c1-12-17-4-5-18(38-34-37-11-19(39-34)21-15-7-13-6-14(9-15)10-16(21)8-13)27(41)22(17)28(42)23-20(12)29(43)25-26(40(2)3)30(44)24(33(36)47)32(46)35(25,48)31(23)45/h4-5,11-16,20-21,25-26,29,41-43,46,48H,6-10H2,1-3H3,(H2,36,47)(H2,37,38,39)/t12-,13?,14?,15?,16?,20+,21?,25+,26-,29-,35-/m0/s1. The minimum Gasteiger partial charge on any atom is -0.508 e. The van der Waals surface area contributed by atoms with Gasteiger partial charge in [0.2, 0.25) is 11.7 Å². The second-order valence-electron chi connectivity index (χ2n) is 15.2. The normalized spacial score (nSPS) is 38.3. The molecular formula is C35H41N5O8. The van der Waals surface area contributed by atoms with E-state index in [0.29, 0.717) is 29.3 Å². The number of Topliss-reactive ketones (excluding diaryl/α,β-unsaturated/α-hetero) is 2. The molecule has 0 aliphatic heterocycles. The van der Waals surface area contributed by atoms with Crippen molar-refractivity contribution in [2.75, 3.05) is 19.4 Å². The maximum absolute atomic E-state index is 14.3. The molecule has 254 valence electrons. The van der Waals surface area contributed by atoms with E-state index in [1.54, 1.807) is 19.1 Å². The molecule has 6 atom stereocenters. The molecule has 13 heteroatoms. The van der Waals surface area contributed by atoms with Gasteiger partial charge in [0.25, 0.3) is 5.91 Å². The first kappa shape index (κ1) is 31.1. The first-order chi connectivity index (χ1) is 22.7. The van der Waals surface area contributed by atoms with Crippen LogP contribution in [-0.2, 0) is 14.4 Å². The number of hydrogen-bond acceptors (Lipinski definition) is 11. The van der Waals surface area contributed by atoms with E-state index in [1.807, 2.05) is 6.20 Å². The first-order valence-electron chi connectivity index (χ1n) is 16.7. The molecule has 1 amide bonds. The molecule has 0 saturated heterocycles. The number of aliphatic hydroxyl groups excluding tert-OH is 3. The number of ketones is 2. The Kier molecular flexibility index (Phi) is 6.74. The third-order valence-corrected chi connectivity index (χ3v) is 12.6. The third kappa shape index (κ3) is 4.01. The number of aromatic amines is 1. The van der Waals surface area contributed by atoms with Crippen molar-refractivity contribution in [3.63, 3.8) is 0 Å². The number of carbonyl (C=O) groups is 3. The fourth-order valence-corrected chi connectivity index (χ4v) is 10.8. The molecule has 0 radical (unpaired) electrons. The molecule has 1 aromatic carbocycles. The zero-order valence-corrected chi connectivity index (χ0v) is 27.0. The molecule has 48 heavy (non-hydrogen) atoms. The summed E-state index contributed by atoms with van der Waals surface area (Å²) in [4.78, 5) is 49.2. The maximum Gasteiger partial charge on any atom is 0.255 e. The van der Waals surface area contributed by atoms with Gasteiger partial charge >= 0.3 is 0 Å². The zero-order valence-electron chi connectivity index (χ0n) is 27.0. The molecule has 2 aromatic rings. The smallest absolute Gasteiger partial charge is 0.255 e. The molecule has 0 unspecified atom stereocenters. The number of nitrogens with zero attached hydrogens (tertiary/aromatic N) is 2. The fourth-order valence-electron chi connectivity index (χ4n) is 10.8. The summed E-state index contributed by atoms with van der Waals surface area (Å²) in [5.41, 5.74) is 2.68. The predicted molar refractivity (Wildman–Crippen MR) is 172 cm³/mol. The van der Waals surface area contributed by atoms with Crippen LogP contribution in [0.25, 0.3) is 5.76 Å². The SMILES string of the molecule is C[C@H]1c2ccc(Nc3ncc(C4C5CC6CC(C5)CC4C6)[nH]3)c(O)c2C(O)=C2C(=O)[C@]3(O)C(O)=C(C(N)=O)C(=O)[C@@H](N(C)C)[C@@H]3[C@@H](O)[C@@H]21. The zero-order chi connectivity index (χ0) is 34.1. The minimum absolute atomic E-state index is 0.0798. The number of nitrogens with two attached hydrogens (primary N) is 1. The van der Waals surface area contributed by atoms with Crippen molar-refractivity contribution in [2.24, 2.45) is 41.2 Å². The molecule has 9 N–H and O–H groups in total. The quantitative estimate of drug-likeness (QED) is 0.172. The summed E-state index contributed by atoms with van der Waals surface area (Å²) in [5.74, 6) is -5.43. The van der Waals surface area contributed by atoms with Gasteiger partial charge in [-0.25, -0.2) is 4.98 Å². The highest BCUT2D eigenvalue weighted by Crippen LogP contribution is 2.60. The Morgan fingerprint density at radius 2 is 1.69 bits per heavy atom. The number of aliphatic hydroxyl groups is 4. The van der Waals surface area contributed by atoms with E-state index >= 15 is 0 Å². The topological polar surface area (TPSA) is 222 Å². The number of amides is 1. The maximum atomic E-state index is 14.3. The number of H-pyrrole nitrogens is 1. The second-order valence-corrected chi connectivity index (χ2v) is 15.2. The van der Waals surface area contributed by atoms with Crippen LogP contribution in [0.2, 0.25) is 0 Å². The highest BCUT2D eigenvalue weighted by molar-refractivity contribution is 6.24. The summed E-state index contributed by atoms with van der Waals surface area (Å²) in [6.45, 7) is 1.70. The summed E-state index contributed by atoms with van der Waals surface area (Å²) in [7, 11) is 2.95. The van der Waals surface area contributed by atoms with Gasteiger partial charge in [-0.2, -0.15) is 0 Å². The molecule has 1 heterocycles. The van der Waals surface area contributed by atoms with Gasteiger partial charge in [-0.05, 0) is 87.4 Å². The lowest BCUT2D eigenvalue weighted by Gasteiger charge is -2.54. The molecule has 7 aliphatic carbocycles. The average Bonchev–Trinajstić information content (AvgIpc) is 3.47. The molecule has 5 fully saturated rings. The van der Waals surface area contributed by atoms with Gasteiger partial charge in [0.15, 0.2) is 11.4 Å². The Morgan fingerprint density at radius 3 is 2.29 bits per heavy atom. The Hall–Kier alpha value is -4.20. The molecule has 9 rings (SSSR count). The average molecular weight is 660 g/mol. The Bertz CT molecular complexity index is 1820. The summed E-state index contributed by atoms with van der Waals surface area (Å²) in [6.07, 6.45) is 6.59. The number of phenols is 1. The van der Waals surface area contributed by atoms with Crippen LogP contribution >= 0.6 is 0 Å². The lowest BCUT2D eigenvalue weighted by Crippen LogP contribution is -2.70. The number of primary amides is 1. The number of phenolic OH excluding ortho intramolecular Hbond substituents is 1. The summed E-state index contributed by atoms with van der Waals surface area (Å²) >= 11 is 0. The van der Waals surface area contributed by atoms with Crippen molar-refractivity contribution in [1.82, 2.24) is 14.9 Å². The van der Waals surface area contributed by atoms with Gasteiger partial charge in [0.1, 0.15) is 22.8 Å². The van der Waals surface area contributed by atoms with Crippen LogP contribution in [0.15, 0.2) is 35.2 Å². The largest absolute Gasteiger partial charge is 0.508 e. The number of carbonyl (C=O) groups excluding carboxylic acids is 3. The van der Waals surface area contributed by atoms with Crippen molar-refractivity contribution in [2.45, 2.75) is 68.6 Å². The van der Waals surface area contributed by atoms with Gasteiger partial charge in [-0.3, -0.25) is 19.3 Å². The Balaban J connectivity index is 1.17.